The van der Waals surface area contributed by atoms with Crippen molar-refractivity contribution >= 4 is 11.9 Å². The molecule has 0 rings (SSSR count). The smallest absolute Gasteiger partial charge is 0.305 e. The molecule has 0 atom stereocenters. The van der Waals surface area contributed by atoms with E-state index in [1.807, 2.05) is 0 Å². The predicted molar refractivity (Wildman–Crippen MR) is 58.9 cm³/mol. The molecule has 0 heterocycles. The number of ether oxygens (including phenoxy) is 4. The Morgan fingerprint density at radius 2 is 1.35 bits per heavy atom. The Bertz CT molecular complexity index is 276. The molecule has 0 unspecified atom stereocenters. The highest BCUT2D eigenvalue weighted by atomic mass is 16.7. The SMILES string of the molecule is COC(OC)C(C)=CC(OC(C)=O)OC(C)=O. The third-order valence-corrected chi connectivity index (χ3v) is 1.76. The quantitative estimate of drug-likeness (QED) is 0.395. The second kappa shape index (κ2) is 7.81. The topological polar surface area (TPSA) is 71.1 Å². The van der Waals surface area contributed by atoms with Crippen molar-refractivity contribution in [2.24, 2.45) is 0 Å². The fourth-order valence-corrected chi connectivity index (χ4v) is 1.18. The molecule has 0 bridgehead atoms. The first kappa shape index (κ1) is 15.6. The van der Waals surface area contributed by atoms with Gasteiger partial charge in [0, 0.05) is 34.1 Å². The zero-order valence-electron chi connectivity index (χ0n) is 10.7. The minimum atomic E-state index is -1.07. The van der Waals surface area contributed by atoms with Crippen LogP contribution in [-0.2, 0) is 28.5 Å². The molecule has 6 heteroatoms. The van der Waals surface area contributed by atoms with Gasteiger partial charge in [-0.1, -0.05) is 0 Å². The summed E-state index contributed by atoms with van der Waals surface area (Å²) in [5.74, 6) is -1.10. The van der Waals surface area contributed by atoms with Crippen LogP contribution in [0.2, 0.25) is 0 Å². The largest absolute Gasteiger partial charge is 0.421 e. The van der Waals surface area contributed by atoms with Crippen molar-refractivity contribution in [2.75, 3.05) is 14.2 Å². The predicted octanol–water partition coefficient (Wildman–Crippen LogP) is 1.00. The molecule has 0 N–H and O–H groups in total. The van der Waals surface area contributed by atoms with Crippen LogP contribution in [0.15, 0.2) is 11.6 Å². The lowest BCUT2D eigenvalue weighted by molar-refractivity contribution is -0.176. The van der Waals surface area contributed by atoms with Gasteiger partial charge in [0.05, 0.1) is 0 Å². The molecule has 0 aromatic rings. The second-order valence-electron chi connectivity index (χ2n) is 3.30. The van der Waals surface area contributed by atoms with Crippen LogP contribution in [-0.4, -0.2) is 38.7 Å². The van der Waals surface area contributed by atoms with E-state index in [0.717, 1.165) is 0 Å². The Morgan fingerprint density at radius 1 is 0.941 bits per heavy atom. The van der Waals surface area contributed by atoms with Crippen LogP contribution in [0.25, 0.3) is 0 Å². The van der Waals surface area contributed by atoms with E-state index in [1.165, 1.54) is 34.1 Å². The number of carbonyl (C=O) groups excluding carboxylic acids is 2. The average Bonchev–Trinajstić information content (AvgIpc) is 2.16. The summed E-state index contributed by atoms with van der Waals surface area (Å²) >= 11 is 0. The summed E-state index contributed by atoms with van der Waals surface area (Å²) in [5.41, 5.74) is 0.627. The van der Waals surface area contributed by atoms with Crippen molar-refractivity contribution in [3.05, 3.63) is 11.6 Å². The fraction of sp³-hybridized carbons (Fsp3) is 0.636. The molecule has 0 aliphatic carbocycles. The minimum absolute atomic E-state index is 0.549. The van der Waals surface area contributed by atoms with E-state index in [-0.39, 0.29) is 0 Å². The van der Waals surface area contributed by atoms with Gasteiger partial charge in [0.1, 0.15) is 0 Å². The Morgan fingerprint density at radius 3 is 1.65 bits per heavy atom. The molecule has 0 fully saturated rings. The molecule has 0 saturated heterocycles. The van der Waals surface area contributed by atoms with E-state index in [1.54, 1.807) is 6.92 Å². The Kier molecular flexibility index (Phi) is 7.16. The molecular weight excluding hydrogens is 228 g/mol. The van der Waals surface area contributed by atoms with Crippen LogP contribution in [0, 0.1) is 0 Å². The molecule has 0 saturated carbocycles. The molecule has 17 heavy (non-hydrogen) atoms. The second-order valence-corrected chi connectivity index (χ2v) is 3.30. The van der Waals surface area contributed by atoms with Gasteiger partial charge in [-0.05, 0) is 12.5 Å². The monoisotopic (exact) mass is 246 g/mol. The summed E-state index contributed by atoms with van der Waals surface area (Å²) in [6.45, 7) is 4.16. The van der Waals surface area contributed by atoms with Gasteiger partial charge in [-0.25, -0.2) is 0 Å². The van der Waals surface area contributed by atoms with Crippen molar-refractivity contribution in [2.45, 2.75) is 33.4 Å². The van der Waals surface area contributed by atoms with Crippen molar-refractivity contribution in [1.29, 1.82) is 0 Å². The molecule has 0 aromatic carbocycles. The summed E-state index contributed by atoms with van der Waals surface area (Å²) in [7, 11) is 2.94. The first-order chi connectivity index (χ1) is 7.90. The van der Waals surface area contributed by atoms with Gasteiger partial charge in [0.2, 0.25) is 0 Å². The van der Waals surface area contributed by atoms with Crippen molar-refractivity contribution < 1.29 is 28.5 Å². The van der Waals surface area contributed by atoms with E-state index in [4.69, 9.17) is 18.9 Å². The number of esters is 2. The summed E-state index contributed by atoms with van der Waals surface area (Å²) in [4.78, 5) is 21.6. The summed E-state index contributed by atoms with van der Waals surface area (Å²) in [6.07, 6.45) is -0.207. The fourth-order valence-electron chi connectivity index (χ4n) is 1.18. The lowest BCUT2D eigenvalue weighted by atomic mass is 10.2. The van der Waals surface area contributed by atoms with E-state index in [9.17, 15) is 9.59 Å². The lowest BCUT2D eigenvalue weighted by Crippen LogP contribution is -2.23. The molecule has 98 valence electrons. The van der Waals surface area contributed by atoms with Crippen molar-refractivity contribution in [3.63, 3.8) is 0 Å². The van der Waals surface area contributed by atoms with Crippen molar-refractivity contribution in [1.82, 2.24) is 0 Å². The molecule has 0 aromatic heterocycles. The first-order valence-corrected chi connectivity index (χ1v) is 4.99. The number of rotatable bonds is 6. The number of carbonyl (C=O) groups is 2. The van der Waals surface area contributed by atoms with E-state index < -0.39 is 24.5 Å². The van der Waals surface area contributed by atoms with Gasteiger partial charge < -0.3 is 18.9 Å². The molecule has 0 aliphatic rings. The molecule has 0 spiro atoms. The summed E-state index contributed by atoms with van der Waals surface area (Å²) in [6, 6.07) is 0. The van der Waals surface area contributed by atoms with E-state index in [2.05, 4.69) is 0 Å². The average molecular weight is 246 g/mol. The lowest BCUT2D eigenvalue weighted by Gasteiger charge is -2.17. The van der Waals surface area contributed by atoms with Gasteiger partial charge in [0.15, 0.2) is 6.29 Å². The van der Waals surface area contributed by atoms with Crippen LogP contribution in [0.4, 0.5) is 0 Å². The molecule has 0 aliphatic heterocycles. The third-order valence-electron chi connectivity index (χ3n) is 1.76. The maximum Gasteiger partial charge on any atom is 0.305 e. The summed E-state index contributed by atoms with van der Waals surface area (Å²) < 4.78 is 19.6. The Labute approximate surface area is 100 Å². The molecular formula is C11H18O6. The number of methoxy groups -OCH3 is 2. The highest BCUT2D eigenvalue weighted by Crippen LogP contribution is 2.10. The number of hydrogen-bond donors (Lipinski definition) is 0. The minimum Gasteiger partial charge on any atom is -0.421 e. The third kappa shape index (κ3) is 6.70. The molecule has 6 nitrogen and oxygen atoms in total. The highest BCUT2D eigenvalue weighted by Gasteiger charge is 2.16. The molecule has 0 radical (unpaired) electrons. The van der Waals surface area contributed by atoms with E-state index in [0.29, 0.717) is 5.57 Å². The maximum atomic E-state index is 10.8. The molecule has 0 amide bonds. The van der Waals surface area contributed by atoms with Crippen LogP contribution >= 0.6 is 0 Å². The maximum absolute atomic E-state index is 10.8. The standard InChI is InChI=1S/C11H18O6/c1-7(11(14-4)15-5)6-10(16-8(2)12)17-9(3)13/h6,10-11H,1-5H3. The zero-order chi connectivity index (χ0) is 13.4. The van der Waals surface area contributed by atoms with Gasteiger partial charge in [-0.15, -0.1) is 0 Å². The van der Waals surface area contributed by atoms with Gasteiger partial charge in [0.25, 0.3) is 6.29 Å². The van der Waals surface area contributed by atoms with Crippen LogP contribution in [0.5, 0.6) is 0 Å². The van der Waals surface area contributed by atoms with Gasteiger partial charge >= 0.3 is 11.9 Å². The normalized spacial score (nSPS) is 11.8. The van der Waals surface area contributed by atoms with Crippen LogP contribution in [0.3, 0.4) is 0 Å². The summed E-state index contributed by atoms with van der Waals surface area (Å²) in [5, 5.41) is 0. The van der Waals surface area contributed by atoms with Gasteiger partial charge in [-0.3, -0.25) is 9.59 Å². The van der Waals surface area contributed by atoms with Gasteiger partial charge in [-0.2, -0.15) is 0 Å². The highest BCUT2D eigenvalue weighted by molar-refractivity contribution is 5.68. The van der Waals surface area contributed by atoms with Crippen LogP contribution < -0.4 is 0 Å². The van der Waals surface area contributed by atoms with E-state index >= 15 is 0 Å². The Balaban J connectivity index is 4.73. The van der Waals surface area contributed by atoms with Crippen LogP contribution in [0.1, 0.15) is 20.8 Å². The van der Waals surface area contributed by atoms with Crippen molar-refractivity contribution in [3.8, 4) is 0 Å². The Hall–Kier alpha value is -1.40. The first-order valence-electron chi connectivity index (χ1n) is 4.99. The zero-order valence-corrected chi connectivity index (χ0v) is 10.7. The number of hydrogen-bond acceptors (Lipinski definition) is 6.